The van der Waals surface area contributed by atoms with E-state index in [1.165, 1.54) is 0 Å². The number of aliphatic carboxylic acids is 1. The molecule has 8 heteroatoms. The summed E-state index contributed by atoms with van der Waals surface area (Å²) in [6, 6.07) is 9.49. The average Bonchev–Trinajstić information content (AvgIpc) is 3.00. The lowest BCUT2D eigenvalue weighted by Crippen LogP contribution is -2.20. The van der Waals surface area contributed by atoms with Crippen LogP contribution in [-0.2, 0) is 4.79 Å². The van der Waals surface area contributed by atoms with Crippen molar-refractivity contribution in [1.29, 1.82) is 0 Å². The largest absolute Gasteiger partial charge is 0.490 e. The van der Waals surface area contributed by atoms with Crippen molar-refractivity contribution in [2.75, 3.05) is 17.7 Å². The lowest BCUT2D eigenvalue weighted by atomic mass is 10.1. The summed E-state index contributed by atoms with van der Waals surface area (Å²) in [6.07, 6.45) is -0.0218. The molecule has 148 valence electrons. The number of hydrogen-bond acceptors (Lipinski definition) is 6. The van der Waals surface area contributed by atoms with Crippen molar-refractivity contribution in [3.05, 3.63) is 42.0 Å². The zero-order valence-electron chi connectivity index (χ0n) is 16.0. The first-order valence-corrected chi connectivity index (χ1v) is 9.05. The number of nitrogens with two attached hydrogens (primary N) is 1. The van der Waals surface area contributed by atoms with E-state index < -0.39 is 12.0 Å². The van der Waals surface area contributed by atoms with Crippen LogP contribution in [0.25, 0.3) is 11.0 Å². The van der Waals surface area contributed by atoms with Gasteiger partial charge in [0.05, 0.1) is 23.7 Å². The van der Waals surface area contributed by atoms with Crippen molar-refractivity contribution < 1.29 is 19.4 Å². The van der Waals surface area contributed by atoms with Gasteiger partial charge in [0.1, 0.15) is 0 Å². The van der Waals surface area contributed by atoms with Crippen LogP contribution in [-0.4, -0.2) is 33.8 Å². The summed E-state index contributed by atoms with van der Waals surface area (Å²) in [5.41, 5.74) is 8.27. The fourth-order valence-electron chi connectivity index (χ4n) is 2.89. The number of aromatic nitrogens is 2. The Hall–Kier alpha value is -3.42. The monoisotopic (exact) mass is 384 g/mol. The number of anilines is 2. The second-order valence-electron chi connectivity index (χ2n) is 6.58. The molecule has 1 atom stereocenters. The lowest BCUT2D eigenvalue weighted by molar-refractivity contribution is -0.138. The summed E-state index contributed by atoms with van der Waals surface area (Å²) in [6.45, 7) is 6.15. The number of aromatic amines is 1. The standard InChI is InChI=1S/C20H24N4O4/c1-4-27-17-9-12(5-8-16(17)28-11(2)3)18(19(25)26)22-13-6-7-14-15(10-13)24-20(21)23-14/h5-11,18,22H,4H2,1-3H3,(H,25,26)(H3,21,23,24). The Morgan fingerprint density at radius 2 is 2.04 bits per heavy atom. The van der Waals surface area contributed by atoms with E-state index in [0.717, 1.165) is 5.52 Å². The van der Waals surface area contributed by atoms with Gasteiger partial charge >= 0.3 is 5.97 Å². The Labute approximate surface area is 162 Å². The Balaban J connectivity index is 1.92. The Morgan fingerprint density at radius 3 is 2.71 bits per heavy atom. The van der Waals surface area contributed by atoms with Gasteiger partial charge in [0.2, 0.25) is 0 Å². The van der Waals surface area contributed by atoms with Crippen LogP contribution in [0.5, 0.6) is 11.5 Å². The summed E-state index contributed by atoms with van der Waals surface area (Å²) in [7, 11) is 0. The van der Waals surface area contributed by atoms with E-state index in [4.69, 9.17) is 15.2 Å². The molecule has 5 N–H and O–H groups in total. The second kappa shape index (κ2) is 8.08. The molecule has 3 aromatic rings. The number of hydrogen-bond donors (Lipinski definition) is 4. The fraction of sp³-hybridized carbons (Fsp3) is 0.300. The Bertz CT molecular complexity index is 983. The maximum Gasteiger partial charge on any atom is 0.330 e. The molecular formula is C20H24N4O4. The predicted octanol–water partition coefficient (Wildman–Crippen LogP) is 3.57. The van der Waals surface area contributed by atoms with Crippen molar-refractivity contribution >= 4 is 28.6 Å². The van der Waals surface area contributed by atoms with Gasteiger partial charge in [-0.1, -0.05) is 6.07 Å². The summed E-state index contributed by atoms with van der Waals surface area (Å²) >= 11 is 0. The van der Waals surface area contributed by atoms with Gasteiger partial charge in [-0.2, -0.15) is 0 Å². The molecule has 0 fully saturated rings. The lowest BCUT2D eigenvalue weighted by Gasteiger charge is -2.19. The number of fused-ring (bicyclic) bond motifs is 1. The van der Waals surface area contributed by atoms with E-state index in [1.807, 2.05) is 20.8 Å². The molecule has 0 aliphatic carbocycles. The number of nitrogen functional groups attached to an aromatic ring is 1. The summed E-state index contributed by atoms with van der Waals surface area (Å²) in [4.78, 5) is 19.0. The second-order valence-corrected chi connectivity index (χ2v) is 6.58. The number of nitrogens with zero attached hydrogens (tertiary/aromatic N) is 1. The Morgan fingerprint density at radius 1 is 1.25 bits per heavy atom. The van der Waals surface area contributed by atoms with E-state index in [2.05, 4.69) is 15.3 Å². The van der Waals surface area contributed by atoms with Gasteiger partial charge in [0.15, 0.2) is 23.5 Å². The van der Waals surface area contributed by atoms with Crippen LogP contribution in [0.1, 0.15) is 32.4 Å². The number of imidazole rings is 1. The van der Waals surface area contributed by atoms with Gasteiger partial charge in [-0.05, 0) is 56.7 Å². The third-order valence-corrected chi connectivity index (χ3v) is 4.02. The molecule has 1 unspecified atom stereocenters. The molecule has 0 radical (unpaired) electrons. The first-order valence-electron chi connectivity index (χ1n) is 9.05. The molecule has 8 nitrogen and oxygen atoms in total. The van der Waals surface area contributed by atoms with Crippen molar-refractivity contribution in [3.8, 4) is 11.5 Å². The third kappa shape index (κ3) is 4.28. The number of ether oxygens (including phenoxy) is 2. The molecule has 0 aliphatic heterocycles. The quantitative estimate of drug-likeness (QED) is 0.468. The number of rotatable bonds is 8. The van der Waals surface area contributed by atoms with E-state index in [1.54, 1.807) is 36.4 Å². The molecule has 0 amide bonds. The van der Waals surface area contributed by atoms with Crippen molar-refractivity contribution in [2.45, 2.75) is 32.9 Å². The number of carboxylic acids is 1. The van der Waals surface area contributed by atoms with E-state index in [9.17, 15) is 9.90 Å². The van der Waals surface area contributed by atoms with Crippen LogP contribution in [0, 0.1) is 0 Å². The van der Waals surface area contributed by atoms with Crippen LogP contribution in [0.3, 0.4) is 0 Å². The summed E-state index contributed by atoms with van der Waals surface area (Å²) in [5.74, 6) is 0.390. The maximum absolute atomic E-state index is 11.9. The minimum absolute atomic E-state index is 0.0218. The molecule has 0 spiro atoms. The SMILES string of the molecule is CCOc1cc(C(Nc2ccc3[nH]c(N)nc3c2)C(=O)O)ccc1OC(C)C. The van der Waals surface area contributed by atoms with Crippen LogP contribution in [0.4, 0.5) is 11.6 Å². The topological polar surface area (TPSA) is 122 Å². The summed E-state index contributed by atoms with van der Waals surface area (Å²) < 4.78 is 11.4. The molecular weight excluding hydrogens is 360 g/mol. The van der Waals surface area contributed by atoms with Gasteiger partial charge in [-0.3, -0.25) is 0 Å². The molecule has 0 aliphatic rings. The zero-order chi connectivity index (χ0) is 20.3. The number of nitrogens with one attached hydrogen (secondary N) is 2. The smallest absolute Gasteiger partial charge is 0.330 e. The van der Waals surface area contributed by atoms with E-state index in [0.29, 0.717) is 40.8 Å². The average molecular weight is 384 g/mol. The molecule has 2 aromatic carbocycles. The summed E-state index contributed by atoms with van der Waals surface area (Å²) in [5, 5.41) is 12.8. The highest BCUT2D eigenvalue weighted by molar-refractivity contribution is 5.84. The Kier molecular flexibility index (Phi) is 5.58. The molecule has 3 rings (SSSR count). The number of H-pyrrole nitrogens is 1. The van der Waals surface area contributed by atoms with Crippen LogP contribution < -0.4 is 20.5 Å². The predicted molar refractivity (Wildman–Crippen MR) is 108 cm³/mol. The van der Waals surface area contributed by atoms with E-state index in [-0.39, 0.29) is 6.10 Å². The molecule has 1 aromatic heterocycles. The highest BCUT2D eigenvalue weighted by Gasteiger charge is 2.22. The van der Waals surface area contributed by atoms with Crippen molar-refractivity contribution in [3.63, 3.8) is 0 Å². The van der Waals surface area contributed by atoms with Gasteiger partial charge in [-0.15, -0.1) is 0 Å². The molecule has 0 saturated carbocycles. The van der Waals surface area contributed by atoms with Crippen LogP contribution >= 0.6 is 0 Å². The van der Waals surface area contributed by atoms with Gasteiger partial charge < -0.3 is 30.6 Å². The van der Waals surface area contributed by atoms with Crippen molar-refractivity contribution in [1.82, 2.24) is 9.97 Å². The first-order chi connectivity index (χ1) is 13.4. The molecule has 0 saturated heterocycles. The zero-order valence-corrected chi connectivity index (χ0v) is 16.0. The minimum atomic E-state index is -1.01. The first kappa shape index (κ1) is 19.3. The van der Waals surface area contributed by atoms with Gasteiger partial charge in [0, 0.05) is 5.69 Å². The van der Waals surface area contributed by atoms with Gasteiger partial charge in [-0.25, -0.2) is 9.78 Å². The number of carbonyl (C=O) groups is 1. The fourth-order valence-corrected chi connectivity index (χ4v) is 2.89. The van der Waals surface area contributed by atoms with Crippen LogP contribution in [0.2, 0.25) is 0 Å². The molecule has 28 heavy (non-hydrogen) atoms. The number of benzene rings is 2. The highest BCUT2D eigenvalue weighted by Crippen LogP contribution is 2.33. The molecule has 0 bridgehead atoms. The van der Waals surface area contributed by atoms with Gasteiger partial charge in [0.25, 0.3) is 0 Å². The highest BCUT2D eigenvalue weighted by atomic mass is 16.5. The van der Waals surface area contributed by atoms with E-state index >= 15 is 0 Å². The maximum atomic E-state index is 11.9. The van der Waals surface area contributed by atoms with Crippen molar-refractivity contribution in [2.24, 2.45) is 0 Å². The number of carboxylic acid groups (broad SMARTS) is 1. The minimum Gasteiger partial charge on any atom is -0.490 e. The normalized spacial score (nSPS) is 12.1. The molecule has 1 heterocycles. The third-order valence-electron chi connectivity index (χ3n) is 4.02. The van der Waals surface area contributed by atoms with Crippen LogP contribution in [0.15, 0.2) is 36.4 Å².